The van der Waals surface area contributed by atoms with E-state index in [-0.39, 0.29) is 11.7 Å². The highest BCUT2D eigenvalue weighted by molar-refractivity contribution is 7.98. The maximum Gasteiger partial charge on any atom is 0.232 e. The van der Waals surface area contributed by atoms with Gasteiger partial charge in [-0.1, -0.05) is 11.9 Å². The molecule has 6 fully saturated rings. The van der Waals surface area contributed by atoms with Crippen molar-refractivity contribution in [3.63, 3.8) is 0 Å². The Labute approximate surface area is 246 Å². The van der Waals surface area contributed by atoms with Crippen LogP contribution in [0.25, 0.3) is 0 Å². The van der Waals surface area contributed by atoms with Gasteiger partial charge in [-0.05, 0) is 121 Å². The average molecular weight is 572 g/mol. The van der Waals surface area contributed by atoms with Crippen LogP contribution in [0.3, 0.4) is 0 Å². The average Bonchev–Trinajstić information content (AvgIpc) is 3.88. The van der Waals surface area contributed by atoms with Crippen LogP contribution in [0.5, 0.6) is 5.88 Å². The number of fused-ring (bicyclic) bond motifs is 6. The highest BCUT2D eigenvalue weighted by atomic mass is 32.2. The van der Waals surface area contributed by atoms with Crippen LogP contribution in [-0.2, 0) is 0 Å². The van der Waals surface area contributed by atoms with Gasteiger partial charge >= 0.3 is 0 Å². The molecule has 2 saturated carbocycles. The van der Waals surface area contributed by atoms with E-state index in [1.54, 1.807) is 0 Å². The zero-order valence-corrected chi connectivity index (χ0v) is 25.6. The van der Waals surface area contributed by atoms with E-state index in [4.69, 9.17) is 9.84 Å². The Hall–Kier alpha value is -0.840. The molecule has 7 rings (SSSR count). The smallest absolute Gasteiger partial charge is 0.232 e. The minimum absolute atomic E-state index is 0.196. The van der Waals surface area contributed by atoms with Gasteiger partial charge in [0, 0.05) is 36.8 Å². The molecule has 9 heteroatoms. The van der Waals surface area contributed by atoms with Crippen molar-refractivity contribution in [2.75, 3.05) is 26.2 Å². The van der Waals surface area contributed by atoms with E-state index in [1.165, 1.54) is 77.2 Å². The van der Waals surface area contributed by atoms with E-state index in [1.807, 2.05) is 11.9 Å². The van der Waals surface area contributed by atoms with Crippen LogP contribution in [0.4, 0.5) is 0 Å². The Morgan fingerprint density at radius 2 is 1.90 bits per heavy atom. The first-order valence-electron chi connectivity index (χ1n) is 16.6. The third kappa shape index (κ3) is 6.55. The van der Waals surface area contributed by atoms with Crippen LogP contribution >= 0.6 is 11.9 Å². The van der Waals surface area contributed by atoms with E-state index in [0.29, 0.717) is 23.6 Å². The molecule has 224 valence electrons. The van der Waals surface area contributed by atoms with E-state index < -0.39 is 0 Å². The van der Waals surface area contributed by atoms with Crippen molar-refractivity contribution in [3.05, 3.63) is 12.3 Å². The number of piperidine rings is 2. The molecular weight excluding hydrogens is 518 g/mol. The van der Waals surface area contributed by atoms with Crippen molar-refractivity contribution in [1.82, 2.24) is 35.4 Å². The quantitative estimate of drug-likeness (QED) is 0.352. The summed E-state index contributed by atoms with van der Waals surface area (Å²) in [5.41, 5.74) is 0.196. The Bertz CT molecular complexity index is 969. The molecule has 8 nitrogen and oxygen atoms in total. The summed E-state index contributed by atoms with van der Waals surface area (Å²) in [7, 11) is 0. The summed E-state index contributed by atoms with van der Waals surface area (Å²) in [5, 5.41) is 17.2. The summed E-state index contributed by atoms with van der Waals surface area (Å²) in [6.07, 6.45) is 18.8. The van der Waals surface area contributed by atoms with Gasteiger partial charge in [-0.15, -0.1) is 5.10 Å². The second-order valence-corrected chi connectivity index (χ2v) is 15.6. The van der Waals surface area contributed by atoms with E-state index in [9.17, 15) is 0 Å². The third-order valence-corrected chi connectivity index (χ3v) is 11.9. The van der Waals surface area contributed by atoms with Crippen LogP contribution in [0.1, 0.15) is 97.1 Å². The van der Waals surface area contributed by atoms with E-state index >= 15 is 0 Å². The van der Waals surface area contributed by atoms with Crippen molar-refractivity contribution >= 4 is 11.9 Å². The Morgan fingerprint density at radius 1 is 1.05 bits per heavy atom. The number of nitrogens with one attached hydrogen (secondary N) is 4. The highest BCUT2D eigenvalue weighted by Gasteiger charge is 2.46. The fourth-order valence-corrected chi connectivity index (χ4v) is 9.48. The lowest BCUT2D eigenvalue weighted by molar-refractivity contribution is 0.00918. The fraction of sp³-hybridized carbons (Fsp3) is 0.903. The summed E-state index contributed by atoms with van der Waals surface area (Å²) in [5.74, 6) is 5.00. The molecule has 1 aromatic heterocycles. The SMILES string of the molecule is CC1(C)CC2CCNC3CCCC(N3)SNCC3CCC(n4ccc(OCCC(C5CC5)C5CC5)n4)NC3N1C2. The van der Waals surface area contributed by atoms with Crippen LogP contribution in [-0.4, -0.2) is 64.2 Å². The molecule has 4 bridgehead atoms. The van der Waals surface area contributed by atoms with Gasteiger partial charge in [0.05, 0.1) is 24.3 Å². The number of aromatic nitrogens is 2. The van der Waals surface area contributed by atoms with Crippen LogP contribution in [0.15, 0.2) is 12.3 Å². The van der Waals surface area contributed by atoms with Gasteiger partial charge in [-0.25, -0.2) is 0 Å². The van der Waals surface area contributed by atoms with E-state index in [2.05, 4.69) is 56.4 Å². The molecule has 0 amide bonds. The lowest BCUT2D eigenvalue weighted by atomic mass is 9.90. The normalized spacial score (nSPS) is 38.5. The van der Waals surface area contributed by atoms with Crippen molar-refractivity contribution in [1.29, 1.82) is 0 Å². The monoisotopic (exact) mass is 571 g/mol. The van der Waals surface area contributed by atoms with Crippen molar-refractivity contribution in [2.24, 2.45) is 29.6 Å². The largest absolute Gasteiger partial charge is 0.477 e. The molecule has 1 aromatic rings. The van der Waals surface area contributed by atoms with Crippen molar-refractivity contribution in [3.8, 4) is 5.88 Å². The zero-order chi connectivity index (χ0) is 27.1. The molecule has 5 heterocycles. The molecular formula is C31H53N7OS. The number of hydrogen-bond acceptors (Lipinski definition) is 8. The van der Waals surface area contributed by atoms with Gasteiger partial charge in [0.2, 0.25) is 5.88 Å². The summed E-state index contributed by atoms with van der Waals surface area (Å²) < 4.78 is 12.2. The molecule has 6 aliphatic rings. The molecule has 4 N–H and O–H groups in total. The summed E-state index contributed by atoms with van der Waals surface area (Å²) in [4.78, 5) is 2.81. The van der Waals surface area contributed by atoms with Crippen LogP contribution < -0.4 is 25.4 Å². The Morgan fingerprint density at radius 3 is 2.73 bits per heavy atom. The fourth-order valence-electron chi connectivity index (χ4n) is 8.46. The Balaban J connectivity index is 1.00. The number of rotatable bonds is 7. The van der Waals surface area contributed by atoms with Gasteiger partial charge < -0.3 is 10.1 Å². The number of ether oxygens (including phenoxy) is 1. The lowest BCUT2D eigenvalue weighted by Crippen LogP contribution is -2.60. The second kappa shape index (κ2) is 12.0. The predicted octanol–water partition coefficient (Wildman–Crippen LogP) is 4.67. The third-order valence-electron chi connectivity index (χ3n) is 10.9. The minimum atomic E-state index is 0.196. The topological polar surface area (TPSA) is 78.4 Å². The zero-order valence-electron chi connectivity index (χ0n) is 24.8. The summed E-state index contributed by atoms with van der Waals surface area (Å²) >= 11 is 1.92. The minimum Gasteiger partial charge on any atom is -0.477 e. The molecule has 4 aliphatic heterocycles. The van der Waals surface area contributed by atoms with Crippen molar-refractivity contribution < 1.29 is 4.74 Å². The molecule has 2 aliphatic carbocycles. The summed E-state index contributed by atoms with van der Waals surface area (Å²) in [6.45, 7) is 9.08. The Kier molecular flexibility index (Phi) is 8.42. The standard InChI is InChI=1S/C31H53N7OS/c1-31(2)18-21-12-15-32-26-4-3-5-29(34-26)40-33-19-24-10-11-27(35-30(24)37(31)20-21)38-16-13-28(36-38)39-17-14-25(22-6-7-22)23-8-9-23/h13,16,21-27,29-30,32-35H,3-12,14-15,17-20H2,1-2H3. The predicted molar refractivity (Wildman–Crippen MR) is 162 cm³/mol. The van der Waals surface area contributed by atoms with E-state index in [0.717, 1.165) is 55.7 Å². The first-order chi connectivity index (χ1) is 19.5. The van der Waals surface area contributed by atoms with Gasteiger partial charge in [-0.3, -0.25) is 24.9 Å². The molecule has 7 atom stereocenters. The lowest BCUT2D eigenvalue weighted by Gasteiger charge is -2.47. The van der Waals surface area contributed by atoms with Crippen LogP contribution in [0, 0.1) is 29.6 Å². The maximum absolute atomic E-state index is 6.21. The van der Waals surface area contributed by atoms with Gasteiger partial charge in [0.15, 0.2) is 0 Å². The van der Waals surface area contributed by atoms with Gasteiger partial charge in [0.1, 0.15) is 6.17 Å². The molecule has 0 radical (unpaired) electrons. The van der Waals surface area contributed by atoms with Crippen molar-refractivity contribution in [2.45, 2.75) is 120 Å². The first kappa shape index (κ1) is 28.0. The number of nitrogens with zero attached hydrogens (tertiary/aromatic N) is 3. The van der Waals surface area contributed by atoms with Gasteiger partial charge in [0.25, 0.3) is 0 Å². The highest BCUT2D eigenvalue weighted by Crippen LogP contribution is 2.50. The first-order valence-corrected chi connectivity index (χ1v) is 17.5. The molecule has 40 heavy (non-hydrogen) atoms. The van der Waals surface area contributed by atoms with Crippen LogP contribution in [0.2, 0.25) is 0 Å². The second-order valence-electron chi connectivity index (χ2n) is 14.5. The summed E-state index contributed by atoms with van der Waals surface area (Å²) in [6, 6.07) is 2.08. The van der Waals surface area contributed by atoms with Gasteiger partial charge in [-0.2, -0.15) is 0 Å². The molecule has 0 aromatic carbocycles. The maximum atomic E-state index is 6.21. The molecule has 7 unspecified atom stereocenters. The molecule has 4 saturated heterocycles. The number of hydrogen-bond donors (Lipinski definition) is 4. The molecule has 0 spiro atoms.